The average Bonchev–Trinajstić information content (AvgIpc) is 3.28. The Morgan fingerprint density at radius 3 is 2.96 bits per heavy atom. The average molecular weight is 306 g/mol. The molecular weight excluding hydrogens is 288 g/mol. The Hall–Kier alpha value is -2.60. The molecule has 0 amide bonds. The maximum Gasteiger partial charge on any atom is 0.156 e. The number of likely N-dealkylation sites (tertiary alicyclic amines) is 1. The zero-order valence-electron chi connectivity index (χ0n) is 12.8. The van der Waals surface area contributed by atoms with Gasteiger partial charge in [-0.25, -0.2) is 9.97 Å². The lowest BCUT2D eigenvalue weighted by Gasteiger charge is -2.23. The van der Waals surface area contributed by atoms with Gasteiger partial charge in [-0.15, -0.1) is 0 Å². The Kier molecular flexibility index (Phi) is 3.81. The van der Waals surface area contributed by atoms with Gasteiger partial charge in [0.25, 0.3) is 0 Å². The first-order chi connectivity index (χ1) is 11.4. The fourth-order valence-electron chi connectivity index (χ4n) is 3.10. The van der Waals surface area contributed by atoms with Gasteiger partial charge in [0.2, 0.25) is 0 Å². The van der Waals surface area contributed by atoms with Crippen molar-refractivity contribution in [2.75, 3.05) is 6.54 Å². The van der Waals surface area contributed by atoms with Gasteiger partial charge in [0.1, 0.15) is 6.33 Å². The highest BCUT2D eigenvalue weighted by Crippen LogP contribution is 2.31. The van der Waals surface area contributed by atoms with Crippen LogP contribution in [0.1, 0.15) is 30.3 Å². The quantitative estimate of drug-likeness (QED) is 0.741. The fourth-order valence-corrected chi connectivity index (χ4v) is 3.10. The van der Waals surface area contributed by atoms with Crippen LogP contribution in [-0.2, 0) is 6.54 Å². The molecule has 0 spiro atoms. The van der Waals surface area contributed by atoms with Crippen molar-refractivity contribution in [3.05, 3.63) is 66.9 Å². The summed E-state index contributed by atoms with van der Waals surface area (Å²) in [5, 5.41) is 0. The van der Waals surface area contributed by atoms with Crippen molar-refractivity contribution in [1.29, 1.82) is 0 Å². The molecule has 1 unspecified atom stereocenters. The van der Waals surface area contributed by atoms with Gasteiger partial charge in [-0.3, -0.25) is 19.4 Å². The third-order valence-corrected chi connectivity index (χ3v) is 4.21. The van der Waals surface area contributed by atoms with E-state index >= 15 is 0 Å². The largest absolute Gasteiger partial charge is 0.289 e. The second-order valence-corrected chi connectivity index (χ2v) is 5.72. The summed E-state index contributed by atoms with van der Waals surface area (Å²) in [6, 6.07) is 6.36. The molecule has 0 saturated carbocycles. The summed E-state index contributed by atoms with van der Waals surface area (Å²) in [4.78, 5) is 20.1. The third-order valence-electron chi connectivity index (χ3n) is 4.21. The van der Waals surface area contributed by atoms with Crippen molar-refractivity contribution in [2.45, 2.75) is 25.4 Å². The Bertz CT molecular complexity index is 756. The molecule has 1 aliphatic rings. The van der Waals surface area contributed by atoms with Crippen LogP contribution in [0.3, 0.4) is 0 Å². The summed E-state index contributed by atoms with van der Waals surface area (Å²) in [5.74, 6) is 0.810. The molecule has 0 aromatic carbocycles. The van der Waals surface area contributed by atoms with E-state index in [9.17, 15) is 0 Å². The van der Waals surface area contributed by atoms with Crippen LogP contribution in [-0.4, -0.2) is 35.9 Å². The van der Waals surface area contributed by atoms with Gasteiger partial charge < -0.3 is 0 Å². The van der Waals surface area contributed by atoms with Crippen LogP contribution in [0.15, 0.2) is 55.5 Å². The number of aromatic nitrogens is 5. The van der Waals surface area contributed by atoms with Gasteiger partial charge >= 0.3 is 0 Å². The highest BCUT2D eigenvalue weighted by atomic mass is 15.2. The lowest BCUT2D eigenvalue weighted by Crippen LogP contribution is -2.24. The monoisotopic (exact) mass is 306 g/mol. The molecule has 4 rings (SSSR count). The molecule has 116 valence electrons. The van der Waals surface area contributed by atoms with Crippen LogP contribution in [0.5, 0.6) is 0 Å². The Morgan fingerprint density at radius 2 is 2.13 bits per heavy atom. The molecule has 1 fully saturated rings. The zero-order chi connectivity index (χ0) is 15.5. The predicted octanol–water partition coefficient (Wildman–Crippen LogP) is 2.39. The smallest absolute Gasteiger partial charge is 0.156 e. The highest BCUT2D eigenvalue weighted by molar-refractivity contribution is 5.21. The van der Waals surface area contributed by atoms with Crippen molar-refractivity contribution in [3.8, 4) is 5.82 Å². The number of hydrogen-bond acceptors (Lipinski definition) is 5. The predicted molar refractivity (Wildman–Crippen MR) is 85.8 cm³/mol. The molecule has 1 atom stereocenters. The Balaban J connectivity index is 1.58. The first-order valence-electron chi connectivity index (χ1n) is 7.84. The van der Waals surface area contributed by atoms with E-state index in [-0.39, 0.29) is 0 Å². The van der Waals surface area contributed by atoms with Gasteiger partial charge in [-0.2, -0.15) is 0 Å². The molecule has 0 radical (unpaired) electrons. The molecule has 4 heterocycles. The van der Waals surface area contributed by atoms with Gasteiger partial charge in [-0.1, -0.05) is 6.07 Å². The van der Waals surface area contributed by atoms with Crippen LogP contribution in [0.4, 0.5) is 0 Å². The van der Waals surface area contributed by atoms with Crippen molar-refractivity contribution >= 4 is 0 Å². The first kappa shape index (κ1) is 14.0. The maximum atomic E-state index is 4.79. The maximum absolute atomic E-state index is 4.79. The normalized spacial score (nSPS) is 18.3. The zero-order valence-corrected chi connectivity index (χ0v) is 12.8. The van der Waals surface area contributed by atoms with E-state index in [1.54, 1.807) is 18.7 Å². The second kappa shape index (κ2) is 6.26. The SMILES string of the molecule is c1ccc(CN2CCCC2c2cncc(-n3ccnc3)n2)nc1. The van der Waals surface area contributed by atoms with Crippen LogP contribution in [0.25, 0.3) is 5.82 Å². The van der Waals surface area contributed by atoms with E-state index in [0.717, 1.165) is 36.7 Å². The van der Waals surface area contributed by atoms with Gasteiger partial charge in [0.15, 0.2) is 5.82 Å². The standard InChI is InChI=1S/C17H18N6/c1-2-6-20-14(4-1)12-22-8-3-5-16(22)15-10-19-11-17(21-15)23-9-7-18-13-23/h1-2,4,6-7,9-11,13,16H,3,5,8,12H2. The van der Waals surface area contributed by atoms with Crippen LogP contribution in [0, 0.1) is 0 Å². The number of rotatable bonds is 4. The molecule has 3 aromatic heterocycles. The highest BCUT2D eigenvalue weighted by Gasteiger charge is 2.27. The number of nitrogens with zero attached hydrogens (tertiary/aromatic N) is 6. The van der Waals surface area contributed by atoms with Crippen molar-refractivity contribution in [3.63, 3.8) is 0 Å². The minimum Gasteiger partial charge on any atom is -0.289 e. The summed E-state index contributed by atoms with van der Waals surface area (Å²) in [7, 11) is 0. The number of pyridine rings is 1. The van der Waals surface area contributed by atoms with Gasteiger partial charge in [-0.05, 0) is 31.5 Å². The van der Waals surface area contributed by atoms with Crippen molar-refractivity contribution < 1.29 is 0 Å². The van der Waals surface area contributed by atoms with E-state index in [2.05, 4.69) is 25.9 Å². The summed E-state index contributed by atoms with van der Waals surface area (Å²) < 4.78 is 1.88. The molecule has 1 aliphatic heterocycles. The lowest BCUT2D eigenvalue weighted by molar-refractivity contribution is 0.241. The van der Waals surface area contributed by atoms with Gasteiger partial charge in [0, 0.05) is 25.1 Å². The Morgan fingerprint density at radius 1 is 1.13 bits per heavy atom. The van der Waals surface area contributed by atoms with Crippen LogP contribution in [0.2, 0.25) is 0 Å². The van der Waals surface area contributed by atoms with E-state index in [1.807, 2.05) is 35.3 Å². The third kappa shape index (κ3) is 2.98. The minimum absolute atomic E-state index is 0.299. The lowest BCUT2D eigenvalue weighted by atomic mass is 10.1. The van der Waals surface area contributed by atoms with E-state index in [1.165, 1.54) is 6.42 Å². The second-order valence-electron chi connectivity index (χ2n) is 5.72. The number of hydrogen-bond donors (Lipinski definition) is 0. The van der Waals surface area contributed by atoms with Crippen molar-refractivity contribution in [2.24, 2.45) is 0 Å². The summed E-state index contributed by atoms with van der Waals surface area (Å²) in [6.07, 6.45) is 13.1. The minimum atomic E-state index is 0.299. The van der Waals surface area contributed by atoms with E-state index < -0.39 is 0 Å². The topological polar surface area (TPSA) is 59.7 Å². The molecule has 6 nitrogen and oxygen atoms in total. The van der Waals surface area contributed by atoms with E-state index in [4.69, 9.17) is 4.98 Å². The van der Waals surface area contributed by atoms with Gasteiger partial charge in [0.05, 0.1) is 29.8 Å². The molecular formula is C17H18N6. The van der Waals surface area contributed by atoms with Crippen LogP contribution < -0.4 is 0 Å². The van der Waals surface area contributed by atoms with Crippen molar-refractivity contribution in [1.82, 2.24) is 29.4 Å². The number of imidazole rings is 1. The molecule has 23 heavy (non-hydrogen) atoms. The first-order valence-corrected chi connectivity index (χ1v) is 7.84. The molecule has 3 aromatic rings. The molecule has 1 saturated heterocycles. The summed E-state index contributed by atoms with van der Waals surface area (Å²) in [6.45, 7) is 1.92. The molecule has 0 aliphatic carbocycles. The van der Waals surface area contributed by atoms with E-state index in [0.29, 0.717) is 6.04 Å². The molecule has 0 bridgehead atoms. The fraction of sp³-hybridized carbons (Fsp3) is 0.294. The summed E-state index contributed by atoms with van der Waals surface area (Å²) >= 11 is 0. The molecule has 6 heteroatoms. The molecule has 0 N–H and O–H groups in total. The summed E-state index contributed by atoms with van der Waals surface area (Å²) in [5.41, 5.74) is 2.11. The Labute approximate surface area is 134 Å². The van der Waals surface area contributed by atoms with Crippen LogP contribution >= 0.6 is 0 Å².